The predicted molar refractivity (Wildman–Crippen MR) is 324 cm³/mol. The number of ether oxygens (including phenoxy) is 1. The van der Waals surface area contributed by atoms with Crippen LogP contribution in [0.2, 0.25) is 0 Å². The number of allylic oxidation sites excluding steroid dienone is 5. The first kappa shape index (κ1) is 72.1. The Bertz CT molecular complexity index is 1200. The maximum Gasteiger partial charge on any atom is 0.305 e. The van der Waals surface area contributed by atoms with E-state index in [0.29, 0.717) is 19.4 Å². The van der Waals surface area contributed by atoms with Crippen LogP contribution in [0.25, 0.3) is 0 Å². The molecular formula is C68H129NO5. The minimum absolute atomic E-state index is 0.00624. The fourth-order valence-corrected chi connectivity index (χ4v) is 10.3. The Morgan fingerprint density at radius 3 is 1.07 bits per heavy atom. The van der Waals surface area contributed by atoms with Gasteiger partial charge in [-0.3, -0.25) is 9.59 Å². The van der Waals surface area contributed by atoms with E-state index in [1.807, 2.05) is 6.08 Å². The predicted octanol–water partition coefficient (Wildman–Crippen LogP) is 21.1. The van der Waals surface area contributed by atoms with Crippen LogP contribution in [0.5, 0.6) is 0 Å². The van der Waals surface area contributed by atoms with Crippen molar-refractivity contribution in [1.82, 2.24) is 5.32 Å². The summed E-state index contributed by atoms with van der Waals surface area (Å²) >= 11 is 0. The second kappa shape index (κ2) is 63.6. The summed E-state index contributed by atoms with van der Waals surface area (Å²) in [6, 6.07) is -0.623. The van der Waals surface area contributed by atoms with Gasteiger partial charge in [-0.1, -0.05) is 326 Å². The molecule has 2 atom stereocenters. The summed E-state index contributed by atoms with van der Waals surface area (Å²) in [4.78, 5) is 24.5. The molecule has 0 heterocycles. The molecule has 0 aliphatic rings. The summed E-state index contributed by atoms with van der Waals surface area (Å²) in [6.07, 6.45) is 80.8. The Labute approximate surface area is 462 Å². The number of hydrogen-bond acceptors (Lipinski definition) is 5. The second-order valence-corrected chi connectivity index (χ2v) is 22.8. The zero-order valence-corrected chi connectivity index (χ0v) is 49.8. The Morgan fingerprint density at radius 1 is 0.378 bits per heavy atom. The van der Waals surface area contributed by atoms with Gasteiger partial charge in [-0.25, -0.2) is 0 Å². The van der Waals surface area contributed by atoms with E-state index in [1.165, 1.54) is 283 Å². The molecule has 0 aromatic heterocycles. The first-order valence-electron chi connectivity index (χ1n) is 33.3. The maximum absolute atomic E-state index is 12.4. The first-order valence-corrected chi connectivity index (χ1v) is 33.3. The van der Waals surface area contributed by atoms with Crippen molar-refractivity contribution in [2.24, 2.45) is 0 Å². The highest BCUT2D eigenvalue weighted by Gasteiger charge is 2.18. The van der Waals surface area contributed by atoms with Crippen molar-refractivity contribution in [3.8, 4) is 0 Å². The van der Waals surface area contributed by atoms with Crippen LogP contribution in [-0.2, 0) is 14.3 Å². The van der Waals surface area contributed by atoms with Gasteiger partial charge in [0, 0.05) is 12.8 Å². The van der Waals surface area contributed by atoms with Crippen LogP contribution >= 0.6 is 0 Å². The molecule has 3 N–H and O–H groups in total. The lowest BCUT2D eigenvalue weighted by Gasteiger charge is -2.20. The van der Waals surface area contributed by atoms with E-state index in [9.17, 15) is 19.8 Å². The molecule has 6 heteroatoms. The number of hydrogen-bond donors (Lipinski definition) is 3. The number of carbonyl (C=O) groups is 2. The van der Waals surface area contributed by atoms with E-state index in [1.54, 1.807) is 6.08 Å². The Morgan fingerprint density at radius 2 is 0.689 bits per heavy atom. The number of nitrogens with one attached hydrogen (secondary N) is 1. The number of rotatable bonds is 62. The highest BCUT2D eigenvalue weighted by atomic mass is 16.5. The van der Waals surface area contributed by atoms with E-state index < -0.39 is 12.1 Å². The van der Waals surface area contributed by atoms with Gasteiger partial charge >= 0.3 is 5.97 Å². The van der Waals surface area contributed by atoms with Crippen LogP contribution in [0.4, 0.5) is 0 Å². The van der Waals surface area contributed by atoms with E-state index in [2.05, 4.69) is 43.5 Å². The molecule has 436 valence electrons. The van der Waals surface area contributed by atoms with Crippen molar-refractivity contribution in [1.29, 1.82) is 0 Å². The zero-order chi connectivity index (χ0) is 53.6. The standard InChI is InChI=1S/C68H129NO5/c1-3-5-7-9-11-13-15-16-38-42-46-50-54-58-62-68(73)74-63-59-55-51-47-43-39-36-34-32-30-28-26-24-22-20-18-17-19-21-23-25-27-29-31-33-35-37-41-45-49-53-57-61-67(72)69-65(64-70)66(71)60-56-52-48-44-40-14-12-10-8-6-4-2/h9,11,15-16,56,60,65-66,70-71H,3-8,10,12-14,17-55,57-59,61-64H2,1-2H3,(H,69,72)/b11-9-,16-15-,60-56+. The number of aliphatic hydroxyl groups is 2. The fraction of sp³-hybridized carbons (Fsp3) is 0.882. The molecule has 0 aromatic rings. The number of aliphatic hydroxyl groups excluding tert-OH is 2. The van der Waals surface area contributed by atoms with Crippen LogP contribution < -0.4 is 5.32 Å². The van der Waals surface area contributed by atoms with Gasteiger partial charge in [-0.2, -0.15) is 0 Å². The highest BCUT2D eigenvalue weighted by Crippen LogP contribution is 2.18. The molecule has 0 spiro atoms. The first-order chi connectivity index (χ1) is 36.5. The molecule has 0 aromatic carbocycles. The monoisotopic (exact) mass is 1040 g/mol. The summed E-state index contributed by atoms with van der Waals surface area (Å²) in [5.74, 6) is -0.0575. The average molecular weight is 1040 g/mol. The van der Waals surface area contributed by atoms with Crippen LogP contribution in [-0.4, -0.2) is 47.4 Å². The lowest BCUT2D eigenvalue weighted by molar-refractivity contribution is -0.143. The smallest absolute Gasteiger partial charge is 0.305 e. The molecular weight excluding hydrogens is 911 g/mol. The van der Waals surface area contributed by atoms with E-state index in [4.69, 9.17) is 4.74 Å². The van der Waals surface area contributed by atoms with Crippen molar-refractivity contribution in [2.45, 2.75) is 373 Å². The molecule has 0 rings (SSSR count). The molecule has 0 aliphatic heterocycles. The van der Waals surface area contributed by atoms with Crippen LogP contribution in [0.1, 0.15) is 361 Å². The summed E-state index contributed by atoms with van der Waals surface area (Å²) in [5, 5.41) is 23.0. The Kier molecular flexibility index (Phi) is 62.0. The number of unbranched alkanes of at least 4 members (excludes halogenated alkanes) is 47. The van der Waals surface area contributed by atoms with Gasteiger partial charge in [0.15, 0.2) is 0 Å². The highest BCUT2D eigenvalue weighted by molar-refractivity contribution is 5.76. The summed E-state index contributed by atoms with van der Waals surface area (Å²) in [7, 11) is 0. The lowest BCUT2D eigenvalue weighted by atomic mass is 10.0. The Hall–Kier alpha value is -1.92. The minimum Gasteiger partial charge on any atom is -0.466 e. The van der Waals surface area contributed by atoms with Crippen molar-refractivity contribution in [3.63, 3.8) is 0 Å². The quantitative estimate of drug-likeness (QED) is 0.0320. The van der Waals surface area contributed by atoms with Crippen LogP contribution in [0.3, 0.4) is 0 Å². The molecule has 6 nitrogen and oxygen atoms in total. The van der Waals surface area contributed by atoms with Crippen molar-refractivity contribution < 1.29 is 24.5 Å². The molecule has 0 bridgehead atoms. The third-order valence-electron chi connectivity index (χ3n) is 15.4. The second-order valence-electron chi connectivity index (χ2n) is 22.8. The topological polar surface area (TPSA) is 95.9 Å². The van der Waals surface area contributed by atoms with Gasteiger partial charge in [0.2, 0.25) is 5.91 Å². The average Bonchev–Trinajstić information content (AvgIpc) is 3.40. The number of amides is 1. The molecule has 0 fully saturated rings. The number of carbonyl (C=O) groups excluding carboxylic acids is 2. The molecule has 0 radical (unpaired) electrons. The molecule has 1 amide bonds. The molecule has 2 unspecified atom stereocenters. The third kappa shape index (κ3) is 59.3. The molecule has 74 heavy (non-hydrogen) atoms. The van der Waals surface area contributed by atoms with E-state index in [0.717, 1.165) is 51.4 Å². The van der Waals surface area contributed by atoms with Gasteiger partial charge in [0.25, 0.3) is 0 Å². The Balaban J connectivity index is 3.32. The molecule has 0 saturated heterocycles. The third-order valence-corrected chi connectivity index (χ3v) is 15.4. The van der Waals surface area contributed by atoms with Gasteiger partial charge in [0.1, 0.15) is 0 Å². The summed E-state index contributed by atoms with van der Waals surface area (Å²) in [6.45, 7) is 4.86. The van der Waals surface area contributed by atoms with Gasteiger partial charge in [0.05, 0.1) is 25.4 Å². The molecule has 0 saturated carbocycles. The summed E-state index contributed by atoms with van der Waals surface area (Å²) in [5.41, 5.74) is 0. The van der Waals surface area contributed by atoms with Crippen molar-refractivity contribution in [3.05, 3.63) is 36.5 Å². The normalized spacial score (nSPS) is 12.8. The lowest BCUT2D eigenvalue weighted by Crippen LogP contribution is -2.45. The van der Waals surface area contributed by atoms with E-state index in [-0.39, 0.29) is 18.5 Å². The minimum atomic E-state index is -0.839. The SMILES string of the molecule is CCCC/C=C\C/C=C\CCCCCCCC(=O)OCCCCCCCCCCCCCCCCCCCCCCCCCCCCCCCCCCC(=O)NC(CO)C(O)/C=C/CCCCCCCCCCC. The number of esters is 1. The van der Waals surface area contributed by atoms with Gasteiger partial charge < -0.3 is 20.3 Å². The fourth-order valence-electron chi connectivity index (χ4n) is 10.3. The molecule has 0 aliphatic carbocycles. The summed E-state index contributed by atoms with van der Waals surface area (Å²) < 4.78 is 5.48. The largest absolute Gasteiger partial charge is 0.466 e. The van der Waals surface area contributed by atoms with E-state index >= 15 is 0 Å². The van der Waals surface area contributed by atoms with Gasteiger partial charge in [-0.15, -0.1) is 0 Å². The van der Waals surface area contributed by atoms with Crippen molar-refractivity contribution in [2.75, 3.05) is 13.2 Å². The van der Waals surface area contributed by atoms with Crippen molar-refractivity contribution >= 4 is 11.9 Å². The van der Waals surface area contributed by atoms with Gasteiger partial charge in [-0.05, 0) is 57.8 Å². The zero-order valence-electron chi connectivity index (χ0n) is 49.8. The maximum atomic E-state index is 12.4. The van der Waals surface area contributed by atoms with Crippen LogP contribution in [0, 0.1) is 0 Å². The van der Waals surface area contributed by atoms with Crippen LogP contribution in [0.15, 0.2) is 36.5 Å².